The van der Waals surface area contributed by atoms with Gasteiger partial charge in [-0.3, -0.25) is 4.79 Å². The molecule has 2 aliphatic heterocycles. The van der Waals surface area contributed by atoms with E-state index in [9.17, 15) is 4.79 Å². The standard InChI is InChI=1S/C17H22N2O/c20-17(15-9-14(15)12-5-2-1-3-6-12)19-10-13-7-4-8-18-16(13)11-19/h1-3,5-6,13-16,18H,4,7-11H2. The van der Waals surface area contributed by atoms with Crippen LogP contribution in [0.4, 0.5) is 0 Å². The summed E-state index contributed by atoms with van der Waals surface area (Å²) in [7, 11) is 0. The maximum absolute atomic E-state index is 12.6. The van der Waals surface area contributed by atoms with Gasteiger partial charge in [-0.1, -0.05) is 30.3 Å². The lowest BCUT2D eigenvalue weighted by Crippen LogP contribution is -2.41. The van der Waals surface area contributed by atoms with Gasteiger partial charge in [-0.15, -0.1) is 0 Å². The molecule has 0 bridgehead atoms. The molecule has 20 heavy (non-hydrogen) atoms. The monoisotopic (exact) mass is 270 g/mol. The van der Waals surface area contributed by atoms with Crippen molar-refractivity contribution in [3.8, 4) is 0 Å². The van der Waals surface area contributed by atoms with E-state index in [0.717, 1.165) is 26.1 Å². The molecule has 0 spiro atoms. The van der Waals surface area contributed by atoms with Crippen LogP contribution < -0.4 is 5.32 Å². The summed E-state index contributed by atoms with van der Waals surface area (Å²) < 4.78 is 0. The van der Waals surface area contributed by atoms with E-state index in [1.54, 1.807) is 0 Å². The van der Waals surface area contributed by atoms with Crippen molar-refractivity contribution >= 4 is 5.91 Å². The third-order valence-electron chi connectivity index (χ3n) is 5.25. The van der Waals surface area contributed by atoms with E-state index >= 15 is 0 Å². The topological polar surface area (TPSA) is 32.3 Å². The third-order valence-corrected chi connectivity index (χ3v) is 5.25. The van der Waals surface area contributed by atoms with E-state index in [4.69, 9.17) is 0 Å². The SMILES string of the molecule is O=C(C1CC1c1ccccc1)N1CC2CCCNC2C1. The second-order valence-electron chi connectivity index (χ2n) is 6.57. The van der Waals surface area contributed by atoms with Crippen LogP contribution in [0.1, 0.15) is 30.7 Å². The zero-order chi connectivity index (χ0) is 13.5. The highest BCUT2D eigenvalue weighted by Gasteiger charge is 2.48. The van der Waals surface area contributed by atoms with Gasteiger partial charge in [0, 0.05) is 25.0 Å². The van der Waals surface area contributed by atoms with Gasteiger partial charge in [0.15, 0.2) is 0 Å². The van der Waals surface area contributed by atoms with Crippen LogP contribution in [0, 0.1) is 11.8 Å². The van der Waals surface area contributed by atoms with Crippen molar-refractivity contribution in [2.45, 2.75) is 31.2 Å². The van der Waals surface area contributed by atoms with E-state index < -0.39 is 0 Å². The van der Waals surface area contributed by atoms with Crippen molar-refractivity contribution < 1.29 is 4.79 Å². The minimum absolute atomic E-state index is 0.248. The Morgan fingerprint density at radius 1 is 1.20 bits per heavy atom. The van der Waals surface area contributed by atoms with E-state index in [1.165, 1.54) is 18.4 Å². The largest absolute Gasteiger partial charge is 0.341 e. The van der Waals surface area contributed by atoms with Crippen molar-refractivity contribution in [3.63, 3.8) is 0 Å². The number of carbonyl (C=O) groups is 1. The van der Waals surface area contributed by atoms with Gasteiger partial charge in [-0.25, -0.2) is 0 Å². The molecule has 3 nitrogen and oxygen atoms in total. The lowest BCUT2D eigenvalue weighted by atomic mass is 9.94. The number of piperidine rings is 1. The molecule has 2 heterocycles. The van der Waals surface area contributed by atoms with Crippen LogP contribution in [0.3, 0.4) is 0 Å². The van der Waals surface area contributed by atoms with Gasteiger partial charge in [0.05, 0.1) is 0 Å². The number of amides is 1. The molecule has 1 aromatic carbocycles. The van der Waals surface area contributed by atoms with E-state index in [0.29, 0.717) is 23.8 Å². The molecule has 4 atom stereocenters. The zero-order valence-corrected chi connectivity index (χ0v) is 11.8. The van der Waals surface area contributed by atoms with Gasteiger partial charge in [-0.05, 0) is 43.2 Å². The van der Waals surface area contributed by atoms with E-state index in [2.05, 4.69) is 34.5 Å². The number of benzene rings is 1. The quantitative estimate of drug-likeness (QED) is 0.891. The molecule has 3 fully saturated rings. The van der Waals surface area contributed by atoms with Gasteiger partial charge < -0.3 is 10.2 Å². The van der Waals surface area contributed by atoms with Crippen LogP contribution in [-0.2, 0) is 4.79 Å². The fraction of sp³-hybridized carbons (Fsp3) is 0.588. The number of hydrogen-bond donors (Lipinski definition) is 1. The van der Waals surface area contributed by atoms with Crippen molar-refractivity contribution in [3.05, 3.63) is 35.9 Å². The molecule has 3 aliphatic rings. The Labute approximate surface area is 120 Å². The van der Waals surface area contributed by atoms with E-state index in [-0.39, 0.29) is 5.92 Å². The molecule has 1 saturated carbocycles. The van der Waals surface area contributed by atoms with Crippen molar-refractivity contribution in [1.29, 1.82) is 0 Å². The predicted molar refractivity (Wildman–Crippen MR) is 78.4 cm³/mol. The average Bonchev–Trinajstić information content (AvgIpc) is 3.18. The van der Waals surface area contributed by atoms with Crippen LogP contribution >= 0.6 is 0 Å². The molecule has 0 aromatic heterocycles. The van der Waals surface area contributed by atoms with Gasteiger partial charge in [0.25, 0.3) is 0 Å². The number of nitrogens with one attached hydrogen (secondary N) is 1. The maximum Gasteiger partial charge on any atom is 0.226 e. The number of rotatable bonds is 2. The molecular weight excluding hydrogens is 248 g/mol. The fourth-order valence-electron chi connectivity index (χ4n) is 4.00. The van der Waals surface area contributed by atoms with Crippen LogP contribution in [0.15, 0.2) is 30.3 Å². The number of carbonyl (C=O) groups excluding carboxylic acids is 1. The first-order chi connectivity index (χ1) is 9.83. The molecule has 0 radical (unpaired) electrons. The predicted octanol–water partition coefficient (Wildman–Crippen LogP) is 2.00. The first-order valence-corrected chi connectivity index (χ1v) is 7.90. The summed E-state index contributed by atoms with van der Waals surface area (Å²) >= 11 is 0. The highest BCUT2D eigenvalue weighted by Crippen LogP contribution is 2.48. The Kier molecular flexibility index (Phi) is 3.03. The van der Waals surface area contributed by atoms with Gasteiger partial charge >= 0.3 is 0 Å². The molecule has 1 amide bonds. The summed E-state index contributed by atoms with van der Waals surface area (Å²) in [5, 5.41) is 3.57. The molecule has 106 valence electrons. The third kappa shape index (κ3) is 2.14. The second-order valence-corrected chi connectivity index (χ2v) is 6.57. The van der Waals surface area contributed by atoms with Crippen LogP contribution in [0.2, 0.25) is 0 Å². The minimum Gasteiger partial charge on any atom is -0.341 e. The van der Waals surface area contributed by atoms with Gasteiger partial charge in [-0.2, -0.15) is 0 Å². The Bertz CT molecular complexity index is 487. The van der Waals surface area contributed by atoms with Crippen molar-refractivity contribution in [2.24, 2.45) is 11.8 Å². The normalized spacial score (nSPS) is 35.7. The van der Waals surface area contributed by atoms with Gasteiger partial charge in [0.2, 0.25) is 5.91 Å². The molecule has 1 aliphatic carbocycles. The molecule has 2 saturated heterocycles. The Balaban J connectivity index is 1.40. The first kappa shape index (κ1) is 12.4. The molecule has 1 aromatic rings. The van der Waals surface area contributed by atoms with Crippen LogP contribution in [-0.4, -0.2) is 36.5 Å². The first-order valence-electron chi connectivity index (χ1n) is 7.90. The highest BCUT2D eigenvalue weighted by molar-refractivity contribution is 5.83. The van der Waals surface area contributed by atoms with Gasteiger partial charge in [0.1, 0.15) is 0 Å². The molecule has 1 N–H and O–H groups in total. The Hall–Kier alpha value is -1.35. The molecule has 4 rings (SSSR count). The number of nitrogens with zero attached hydrogens (tertiary/aromatic N) is 1. The summed E-state index contributed by atoms with van der Waals surface area (Å²) in [6.07, 6.45) is 3.59. The summed E-state index contributed by atoms with van der Waals surface area (Å²) in [5.41, 5.74) is 1.33. The smallest absolute Gasteiger partial charge is 0.226 e. The van der Waals surface area contributed by atoms with Crippen LogP contribution in [0.25, 0.3) is 0 Å². The Morgan fingerprint density at radius 3 is 2.85 bits per heavy atom. The average molecular weight is 270 g/mol. The number of hydrogen-bond acceptors (Lipinski definition) is 2. The molecule has 4 unspecified atom stereocenters. The fourth-order valence-corrected chi connectivity index (χ4v) is 4.00. The lowest BCUT2D eigenvalue weighted by Gasteiger charge is -2.24. The number of likely N-dealkylation sites (tertiary alicyclic amines) is 1. The van der Waals surface area contributed by atoms with Crippen molar-refractivity contribution in [1.82, 2.24) is 10.2 Å². The summed E-state index contributed by atoms with van der Waals surface area (Å²) in [4.78, 5) is 14.8. The van der Waals surface area contributed by atoms with Crippen molar-refractivity contribution in [2.75, 3.05) is 19.6 Å². The summed E-state index contributed by atoms with van der Waals surface area (Å²) in [6.45, 7) is 3.04. The summed E-state index contributed by atoms with van der Waals surface area (Å²) in [6, 6.07) is 11.1. The summed E-state index contributed by atoms with van der Waals surface area (Å²) in [5.74, 6) is 1.81. The lowest BCUT2D eigenvalue weighted by molar-refractivity contribution is -0.131. The molecule has 3 heteroatoms. The van der Waals surface area contributed by atoms with E-state index in [1.807, 2.05) is 6.07 Å². The molecular formula is C17H22N2O. The zero-order valence-electron chi connectivity index (χ0n) is 11.8. The Morgan fingerprint density at radius 2 is 2.05 bits per heavy atom. The second kappa shape index (κ2) is 4.88. The highest BCUT2D eigenvalue weighted by atomic mass is 16.2. The van der Waals surface area contributed by atoms with Crippen LogP contribution in [0.5, 0.6) is 0 Å². The number of fused-ring (bicyclic) bond motifs is 1. The minimum atomic E-state index is 0.248. The maximum atomic E-state index is 12.6.